The first-order valence-corrected chi connectivity index (χ1v) is 19.2. The van der Waals surface area contributed by atoms with Crippen LogP contribution >= 0.6 is 0 Å². The first-order valence-electron chi connectivity index (χ1n) is 19.2. The normalized spacial score (nSPS) is 12.8. The van der Waals surface area contributed by atoms with E-state index in [1.807, 2.05) is 54.7 Å². The molecule has 4 aromatic heterocycles. The fourth-order valence-corrected chi connectivity index (χ4v) is 8.47. The summed E-state index contributed by atoms with van der Waals surface area (Å²) >= 11 is 0. The van der Waals surface area contributed by atoms with Crippen LogP contribution in [0.2, 0.25) is 0 Å². The van der Waals surface area contributed by atoms with Crippen LogP contribution in [0.5, 0.6) is 0 Å². The second kappa shape index (κ2) is 13.5. The molecule has 8 aromatic rings. The Morgan fingerprint density at radius 2 is 1.28 bits per heavy atom. The van der Waals surface area contributed by atoms with Crippen LogP contribution in [0.3, 0.4) is 0 Å². The van der Waals surface area contributed by atoms with Gasteiger partial charge in [0.05, 0.1) is 61.6 Å². The van der Waals surface area contributed by atoms with Gasteiger partial charge in [0.1, 0.15) is 42.0 Å². The summed E-state index contributed by atoms with van der Waals surface area (Å²) in [6.07, 6.45) is 1.88. The number of rotatable bonds is 4. The first kappa shape index (κ1) is 37.0. The lowest BCUT2D eigenvalue weighted by Crippen LogP contribution is -2.31. The Labute approximate surface area is 345 Å². The number of nitrogens with one attached hydrogen (secondary N) is 1. The van der Waals surface area contributed by atoms with E-state index < -0.39 is 5.41 Å². The molecule has 0 aliphatic carbocycles. The zero-order chi connectivity index (χ0) is 42.1. The van der Waals surface area contributed by atoms with Gasteiger partial charge < -0.3 is 0 Å². The van der Waals surface area contributed by atoms with Gasteiger partial charge in [-0.3, -0.25) is 14.6 Å². The molecular formula is C49H33N11. The molecule has 1 N–H and O–H groups in total. The molecule has 0 spiro atoms. The van der Waals surface area contributed by atoms with Crippen molar-refractivity contribution < 1.29 is 0 Å². The summed E-state index contributed by atoms with van der Waals surface area (Å²) in [4.78, 5) is 12.4. The van der Waals surface area contributed by atoms with Crippen LogP contribution in [-0.2, 0) is 10.8 Å². The standard InChI is InChI=1S/C49H33N11/c1-48(2,3)28-18-19-55-45(20-28)60-42-12-8-6-10-30(42)31-15-14-29(21-44(31)60)59-43-13-9-7-11-37(43)49(4,5)38-16-17-39(56-47(38)59)40-22-41(58-57-40)46-35(26-53)33(24-51)32(23-50)34(25-52)36(46)27-54/h6-22H,1-5H3,(H,57,58). The summed E-state index contributed by atoms with van der Waals surface area (Å²) in [6, 6.07) is 42.5. The number of hydrogen-bond acceptors (Lipinski definition) is 9. The lowest BCUT2D eigenvalue weighted by Gasteiger charge is -2.41. The molecule has 4 aromatic carbocycles. The number of aromatic amines is 1. The number of anilines is 3. The van der Waals surface area contributed by atoms with Crippen molar-refractivity contribution in [3.05, 3.63) is 148 Å². The van der Waals surface area contributed by atoms with Crippen LogP contribution in [0, 0.1) is 56.7 Å². The summed E-state index contributed by atoms with van der Waals surface area (Å²) in [7, 11) is 0. The smallest absolute Gasteiger partial charge is 0.142 e. The number of benzene rings is 4. The molecule has 0 atom stereocenters. The molecule has 0 fully saturated rings. The predicted molar refractivity (Wildman–Crippen MR) is 228 cm³/mol. The fourth-order valence-electron chi connectivity index (χ4n) is 8.47. The Morgan fingerprint density at radius 1 is 0.633 bits per heavy atom. The highest BCUT2D eigenvalue weighted by Gasteiger charge is 2.38. The predicted octanol–water partition coefficient (Wildman–Crippen LogP) is 10.4. The third-order valence-electron chi connectivity index (χ3n) is 11.5. The van der Waals surface area contributed by atoms with E-state index in [2.05, 4.69) is 127 Å². The number of nitrogens with zero attached hydrogens (tertiary/aromatic N) is 10. The summed E-state index contributed by atoms with van der Waals surface area (Å²) < 4.78 is 2.23. The number of para-hydroxylation sites is 2. The molecule has 11 heteroatoms. The number of fused-ring (bicyclic) bond motifs is 5. The lowest BCUT2D eigenvalue weighted by atomic mass is 9.74. The van der Waals surface area contributed by atoms with Crippen LogP contribution in [0.4, 0.5) is 17.2 Å². The van der Waals surface area contributed by atoms with Gasteiger partial charge in [0, 0.05) is 39.2 Å². The van der Waals surface area contributed by atoms with Gasteiger partial charge in [-0.1, -0.05) is 83.1 Å². The van der Waals surface area contributed by atoms with Gasteiger partial charge >= 0.3 is 0 Å². The molecular weight excluding hydrogens is 743 g/mol. The van der Waals surface area contributed by atoms with Crippen molar-refractivity contribution in [2.45, 2.75) is 45.4 Å². The minimum absolute atomic E-state index is 0.00420. The molecule has 0 unspecified atom stereocenters. The molecule has 0 bridgehead atoms. The number of aromatic nitrogens is 5. The Kier molecular flexibility index (Phi) is 8.36. The number of nitriles is 5. The lowest BCUT2D eigenvalue weighted by molar-refractivity contribution is 0.588. The molecule has 1 aliphatic heterocycles. The van der Waals surface area contributed by atoms with E-state index in [1.54, 1.807) is 6.07 Å². The van der Waals surface area contributed by atoms with Crippen molar-refractivity contribution in [1.29, 1.82) is 26.3 Å². The van der Waals surface area contributed by atoms with Gasteiger partial charge in [-0.2, -0.15) is 31.4 Å². The van der Waals surface area contributed by atoms with Crippen LogP contribution < -0.4 is 4.90 Å². The van der Waals surface area contributed by atoms with Crippen molar-refractivity contribution in [3.8, 4) is 58.8 Å². The Balaban J connectivity index is 1.25. The Hall–Kier alpha value is -8.56. The molecule has 1 aliphatic rings. The van der Waals surface area contributed by atoms with Gasteiger partial charge in [-0.15, -0.1) is 0 Å². The van der Waals surface area contributed by atoms with Crippen LogP contribution in [0.25, 0.3) is 50.3 Å². The maximum atomic E-state index is 10.2. The largest absolute Gasteiger partial charge is 0.294 e. The molecule has 11 nitrogen and oxygen atoms in total. The van der Waals surface area contributed by atoms with E-state index in [4.69, 9.17) is 9.97 Å². The molecule has 5 heterocycles. The summed E-state index contributed by atoms with van der Waals surface area (Å²) in [6.45, 7) is 11.0. The fraction of sp³-hybridized carbons (Fsp3) is 0.143. The van der Waals surface area contributed by atoms with Crippen molar-refractivity contribution >= 4 is 39.0 Å². The van der Waals surface area contributed by atoms with E-state index in [0.717, 1.165) is 50.1 Å². The topological polar surface area (TPSA) is 182 Å². The van der Waals surface area contributed by atoms with Crippen LogP contribution in [0.1, 0.15) is 79.1 Å². The van der Waals surface area contributed by atoms with Gasteiger partial charge in [0.25, 0.3) is 0 Å². The molecule has 0 saturated heterocycles. The third kappa shape index (κ3) is 5.41. The average Bonchev–Trinajstić information content (AvgIpc) is 3.88. The van der Waals surface area contributed by atoms with Gasteiger partial charge in [-0.25, -0.2) is 9.97 Å². The number of hydrogen-bond donors (Lipinski definition) is 1. The molecule has 284 valence electrons. The number of pyridine rings is 2. The van der Waals surface area contributed by atoms with Crippen molar-refractivity contribution in [3.63, 3.8) is 0 Å². The van der Waals surface area contributed by atoms with Gasteiger partial charge in [-0.05, 0) is 65.1 Å². The van der Waals surface area contributed by atoms with Crippen LogP contribution in [0.15, 0.2) is 103 Å². The highest BCUT2D eigenvalue weighted by Crippen LogP contribution is 2.52. The van der Waals surface area contributed by atoms with E-state index in [1.165, 1.54) is 5.56 Å². The zero-order valence-electron chi connectivity index (χ0n) is 33.3. The van der Waals surface area contributed by atoms with Crippen molar-refractivity contribution in [2.24, 2.45) is 0 Å². The maximum Gasteiger partial charge on any atom is 0.142 e. The molecule has 0 saturated carbocycles. The quantitative estimate of drug-likeness (QED) is 0.182. The minimum atomic E-state index is -0.434. The third-order valence-corrected chi connectivity index (χ3v) is 11.5. The monoisotopic (exact) mass is 775 g/mol. The SMILES string of the molecule is CC(C)(C)c1ccnc(-n2c3ccccc3c3ccc(N4c5ccccc5C(C)(C)c5ccc(-c6cc(-c7c(C#N)c(C#N)c(C#N)c(C#N)c7C#N)n[nH]6)nc54)cc32)c1. The van der Waals surface area contributed by atoms with E-state index >= 15 is 0 Å². The summed E-state index contributed by atoms with van der Waals surface area (Å²) in [5.41, 5.74) is 6.53. The molecule has 9 rings (SSSR count). The second-order valence-corrected chi connectivity index (χ2v) is 16.2. The van der Waals surface area contributed by atoms with Gasteiger partial charge in [0.2, 0.25) is 0 Å². The molecule has 0 amide bonds. The highest BCUT2D eigenvalue weighted by molar-refractivity contribution is 6.10. The Bertz CT molecular complexity index is 3310. The molecule has 0 radical (unpaired) electrons. The summed E-state index contributed by atoms with van der Waals surface area (Å²) in [5.74, 6) is 1.53. The van der Waals surface area contributed by atoms with E-state index in [-0.39, 0.29) is 44.5 Å². The first-order chi connectivity index (χ1) is 28.9. The van der Waals surface area contributed by atoms with Gasteiger partial charge in [0.15, 0.2) is 0 Å². The minimum Gasteiger partial charge on any atom is -0.294 e. The number of H-pyrrole nitrogens is 1. The molecule has 60 heavy (non-hydrogen) atoms. The maximum absolute atomic E-state index is 10.2. The average molecular weight is 776 g/mol. The summed E-state index contributed by atoms with van der Waals surface area (Å²) in [5, 5.41) is 59.8. The van der Waals surface area contributed by atoms with E-state index in [9.17, 15) is 26.3 Å². The van der Waals surface area contributed by atoms with Crippen molar-refractivity contribution in [1.82, 2.24) is 24.7 Å². The Morgan fingerprint density at radius 3 is 1.98 bits per heavy atom. The second-order valence-electron chi connectivity index (χ2n) is 16.2. The van der Waals surface area contributed by atoms with Crippen LogP contribution in [-0.4, -0.2) is 24.7 Å². The zero-order valence-corrected chi connectivity index (χ0v) is 33.3. The highest BCUT2D eigenvalue weighted by atomic mass is 15.2. The van der Waals surface area contributed by atoms with Crippen molar-refractivity contribution in [2.75, 3.05) is 4.90 Å². The van der Waals surface area contributed by atoms with E-state index in [0.29, 0.717) is 17.2 Å².